The monoisotopic (exact) mass is 284 g/mol. The Morgan fingerprint density at radius 1 is 1.05 bits per heavy atom. The summed E-state index contributed by atoms with van der Waals surface area (Å²) in [6, 6.07) is 11.0. The third kappa shape index (κ3) is 3.64. The van der Waals surface area contributed by atoms with Crippen LogP contribution in [0.15, 0.2) is 30.3 Å². The van der Waals surface area contributed by atoms with Crippen LogP contribution in [0.25, 0.3) is 0 Å². The molecule has 4 heteroatoms. The molecule has 1 aromatic carbocycles. The number of aromatic nitrogens is 2. The fraction of sp³-hybridized carbons (Fsp3) is 0.471. The molecular formula is C17H24N4. The van der Waals surface area contributed by atoms with E-state index in [9.17, 15) is 0 Å². The maximum absolute atomic E-state index is 4.31. The Balaban J connectivity index is 1.47. The molecule has 0 unspecified atom stereocenters. The van der Waals surface area contributed by atoms with E-state index in [1.807, 2.05) is 0 Å². The van der Waals surface area contributed by atoms with Crippen LogP contribution in [0.1, 0.15) is 17.0 Å². The molecule has 0 amide bonds. The number of piperazine rings is 1. The lowest BCUT2D eigenvalue weighted by molar-refractivity contribution is 0.260. The summed E-state index contributed by atoms with van der Waals surface area (Å²) in [6.07, 6.45) is 1.04. The van der Waals surface area contributed by atoms with Crippen molar-refractivity contribution < 1.29 is 0 Å². The number of aromatic amines is 1. The van der Waals surface area contributed by atoms with Gasteiger partial charge in [-0.25, -0.2) is 0 Å². The first-order chi connectivity index (χ1) is 10.2. The van der Waals surface area contributed by atoms with Crippen LogP contribution in [-0.4, -0.2) is 47.8 Å². The summed E-state index contributed by atoms with van der Waals surface area (Å²) in [7, 11) is 0. The van der Waals surface area contributed by atoms with Crippen LogP contribution in [-0.2, 0) is 6.42 Å². The summed E-state index contributed by atoms with van der Waals surface area (Å²) < 4.78 is 0. The zero-order valence-electron chi connectivity index (χ0n) is 13.0. The van der Waals surface area contributed by atoms with Gasteiger partial charge in [0.2, 0.25) is 0 Å². The third-order valence-electron chi connectivity index (χ3n) is 4.21. The molecule has 1 aliphatic rings. The van der Waals surface area contributed by atoms with Crippen molar-refractivity contribution in [3.63, 3.8) is 0 Å². The highest BCUT2D eigenvalue weighted by molar-refractivity contribution is 5.47. The Morgan fingerprint density at radius 2 is 1.76 bits per heavy atom. The fourth-order valence-corrected chi connectivity index (χ4v) is 2.86. The molecule has 2 heterocycles. The van der Waals surface area contributed by atoms with E-state index in [1.165, 1.54) is 16.9 Å². The largest absolute Gasteiger partial charge is 0.369 e. The van der Waals surface area contributed by atoms with E-state index < -0.39 is 0 Å². The van der Waals surface area contributed by atoms with Crippen molar-refractivity contribution >= 4 is 5.69 Å². The van der Waals surface area contributed by atoms with Crippen LogP contribution >= 0.6 is 0 Å². The molecule has 4 nitrogen and oxygen atoms in total. The van der Waals surface area contributed by atoms with Crippen LogP contribution < -0.4 is 4.90 Å². The van der Waals surface area contributed by atoms with Gasteiger partial charge in [-0.05, 0) is 32.0 Å². The van der Waals surface area contributed by atoms with E-state index in [0.29, 0.717) is 0 Å². The Hall–Kier alpha value is -1.81. The van der Waals surface area contributed by atoms with Crippen LogP contribution in [0.3, 0.4) is 0 Å². The van der Waals surface area contributed by atoms with Gasteiger partial charge in [0.15, 0.2) is 0 Å². The lowest BCUT2D eigenvalue weighted by Gasteiger charge is -2.36. The van der Waals surface area contributed by atoms with Gasteiger partial charge in [0.1, 0.15) is 0 Å². The van der Waals surface area contributed by atoms with Crippen LogP contribution in [0.2, 0.25) is 0 Å². The molecule has 0 saturated carbocycles. The second-order valence-electron chi connectivity index (χ2n) is 5.96. The molecule has 2 aromatic rings. The SMILES string of the molecule is Cc1ccc(N2CCN(CCc3cc(C)[nH]n3)CC2)cc1. The molecule has 0 radical (unpaired) electrons. The zero-order chi connectivity index (χ0) is 14.7. The maximum Gasteiger partial charge on any atom is 0.0637 e. The molecule has 1 aromatic heterocycles. The van der Waals surface area contributed by atoms with Crippen LogP contribution in [0, 0.1) is 13.8 Å². The quantitative estimate of drug-likeness (QED) is 0.936. The Bertz CT molecular complexity index is 565. The minimum Gasteiger partial charge on any atom is -0.369 e. The van der Waals surface area contributed by atoms with E-state index in [0.717, 1.165) is 44.8 Å². The summed E-state index contributed by atoms with van der Waals surface area (Å²) in [5.41, 5.74) is 5.00. The van der Waals surface area contributed by atoms with Crippen molar-refractivity contribution in [1.82, 2.24) is 15.1 Å². The molecule has 1 N–H and O–H groups in total. The molecule has 0 spiro atoms. The molecule has 0 atom stereocenters. The summed E-state index contributed by atoms with van der Waals surface area (Å²) in [5.74, 6) is 0. The van der Waals surface area contributed by atoms with Crippen molar-refractivity contribution in [3.8, 4) is 0 Å². The van der Waals surface area contributed by atoms with Crippen molar-refractivity contribution in [2.75, 3.05) is 37.6 Å². The predicted octanol–water partition coefficient (Wildman–Crippen LogP) is 2.39. The summed E-state index contributed by atoms with van der Waals surface area (Å²) in [6.45, 7) is 9.79. The second kappa shape index (κ2) is 6.31. The minimum atomic E-state index is 1.04. The van der Waals surface area contributed by atoms with Crippen molar-refractivity contribution in [3.05, 3.63) is 47.3 Å². The molecule has 112 valence electrons. The maximum atomic E-state index is 4.31. The van der Waals surface area contributed by atoms with E-state index in [1.54, 1.807) is 0 Å². The molecule has 1 saturated heterocycles. The van der Waals surface area contributed by atoms with Crippen molar-refractivity contribution in [2.24, 2.45) is 0 Å². The number of nitrogens with one attached hydrogen (secondary N) is 1. The van der Waals surface area contributed by atoms with E-state index >= 15 is 0 Å². The van der Waals surface area contributed by atoms with Gasteiger partial charge in [0, 0.05) is 50.5 Å². The number of rotatable bonds is 4. The first-order valence-electron chi connectivity index (χ1n) is 7.75. The minimum absolute atomic E-state index is 1.04. The standard InChI is InChI=1S/C17H24N4/c1-14-3-5-17(6-4-14)21-11-9-20(10-12-21)8-7-16-13-15(2)18-19-16/h3-6,13H,7-12H2,1-2H3,(H,18,19). The van der Waals surface area contributed by atoms with Gasteiger partial charge in [0.25, 0.3) is 0 Å². The smallest absolute Gasteiger partial charge is 0.0637 e. The average molecular weight is 284 g/mol. The zero-order valence-corrected chi connectivity index (χ0v) is 13.0. The number of benzene rings is 1. The molecular weight excluding hydrogens is 260 g/mol. The number of nitrogens with zero attached hydrogens (tertiary/aromatic N) is 3. The van der Waals surface area contributed by atoms with E-state index in [4.69, 9.17) is 0 Å². The highest BCUT2D eigenvalue weighted by Gasteiger charge is 2.17. The van der Waals surface area contributed by atoms with Crippen LogP contribution in [0.4, 0.5) is 5.69 Å². The topological polar surface area (TPSA) is 35.2 Å². The van der Waals surface area contributed by atoms with Crippen molar-refractivity contribution in [1.29, 1.82) is 0 Å². The van der Waals surface area contributed by atoms with Gasteiger partial charge < -0.3 is 4.90 Å². The molecule has 1 fully saturated rings. The lowest BCUT2D eigenvalue weighted by atomic mass is 10.2. The Morgan fingerprint density at radius 3 is 2.38 bits per heavy atom. The predicted molar refractivity (Wildman–Crippen MR) is 86.9 cm³/mol. The Labute approximate surface area is 126 Å². The van der Waals surface area contributed by atoms with Gasteiger partial charge in [0.05, 0.1) is 5.69 Å². The fourth-order valence-electron chi connectivity index (χ4n) is 2.86. The first-order valence-corrected chi connectivity index (χ1v) is 7.75. The van der Waals surface area contributed by atoms with Gasteiger partial charge in [-0.1, -0.05) is 17.7 Å². The van der Waals surface area contributed by atoms with Gasteiger partial charge in [-0.15, -0.1) is 0 Å². The Kier molecular flexibility index (Phi) is 4.25. The van der Waals surface area contributed by atoms with Gasteiger partial charge in [-0.2, -0.15) is 5.10 Å². The normalized spacial score (nSPS) is 16.4. The summed E-state index contributed by atoms with van der Waals surface area (Å²) in [4.78, 5) is 5.02. The highest BCUT2D eigenvalue weighted by Crippen LogP contribution is 2.17. The summed E-state index contributed by atoms with van der Waals surface area (Å²) in [5, 5.41) is 7.32. The van der Waals surface area contributed by atoms with E-state index in [-0.39, 0.29) is 0 Å². The number of hydrogen-bond donors (Lipinski definition) is 1. The highest BCUT2D eigenvalue weighted by atomic mass is 15.3. The van der Waals surface area contributed by atoms with Gasteiger partial charge in [-0.3, -0.25) is 10.00 Å². The van der Waals surface area contributed by atoms with Crippen LogP contribution in [0.5, 0.6) is 0 Å². The molecule has 0 bridgehead atoms. The summed E-state index contributed by atoms with van der Waals surface area (Å²) >= 11 is 0. The molecule has 1 aliphatic heterocycles. The van der Waals surface area contributed by atoms with Crippen molar-refractivity contribution in [2.45, 2.75) is 20.3 Å². The van der Waals surface area contributed by atoms with Gasteiger partial charge >= 0.3 is 0 Å². The molecule has 0 aliphatic carbocycles. The molecule has 21 heavy (non-hydrogen) atoms. The number of hydrogen-bond acceptors (Lipinski definition) is 3. The number of H-pyrrole nitrogens is 1. The van der Waals surface area contributed by atoms with E-state index in [2.05, 4.69) is 64.2 Å². The number of aryl methyl sites for hydroxylation is 2. The lowest BCUT2D eigenvalue weighted by Crippen LogP contribution is -2.47. The third-order valence-corrected chi connectivity index (χ3v) is 4.21. The molecule has 3 rings (SSSR count). The first kappa shape index (κ1) is 14.1. The number of anilines is 1. The average Bonchev–Trinajstić information content (AvgIpc) is 2.92. The second-order valence-corrected chi connectivity index (χ2v) is 5.96.